The van der Waals surface area contributed by atoms with Crippen LogP contribution in [-0.4, -0.2) is 52.7 Å². The van der Waals surface area contributed by atoms with E-state index in [2.05, 4.69) is 41.1 Å². The van der Waals surface area contributed by atoms with E-state index < -0.39 is 0 Å². The SMILES string of the molecule is Brc1ccc2nc(NC3=NCCC4(CN5CCC4CC5)O3)sc2n1. The molecule has 4 aliphatic rings. The average molecular weight is 408 g/mol. The number of aliphatic imine (C=N–C) groups is 1. The van der Waals surface area contributed by atoms with Crippen molar-refractivity contribution < 1.29 is 4.74 Å². The standard InChI is InChI=1S/C16H18BrN5OS/c17-12-2-1-11-13(20-12)24-15(19-11)21-14-18-6-5-16(23-14)9-22-7-3-10(16)4-8-22/h1-2,10H,3-9H2,(H,18,19,21). The van der Waals surface area contributed by atoms with Crippen LogP contribution in [0, 0.1) is 5.92 Å². The Morgan fingerprint density at radius 3 is 2.96 bits per heavy atom. The van der Waals surface area contributed by atoms with Gasteiger partial charge in [0.1, 0.15) is 20.6 Å². The molecule has 2 bridgehead atoms. The first-order chi connectivity index (χ1) is 11.7. The largest absolute Gasteiger partial charge is 0.457 e. The number of nitrogens with one attached hydrogen (secondary N) is 1. The summed E-state index contributed by atoms with van der Waals surface area (Å²) < 4.78 is 7.23. The first-order valence-corrected chi connectivity index (χ1v) is 9.97. The molecule has 0 aliphatic carbocycles. The van der Waals surface area contributed by atoms with Crippen molar-refractivity contribution in [2.24, 2.45) is 10.9 Å². The van der Waals surface area contributed by atoms with Gasteiger partial charge in [-0.05, 0) is 54.0 Å². The number of amidine groups is 1. The van der Waals surface area contributed by atoms with Gasteiger partial charge in [-0.1, -0.05) is 11.3 Å². The minimum Gasteiger partial charge on any atom is -0.457 e. The van der Waals surface area contributed by atoms with Gasteiger partial charge in [0.05, 0.1) is 0 Å². The van der Waals surface area contributed by atoms with E-state index in [1.807, 2.05) is 12.1 Å². The Hall–Kier alpha value is -1.25. The van der Waals surface area contributed by atoms with Crippen LogP contribution >= 0.6 is 27.3 Å². The highest BCUT2D eigenvalue weighted by Gasteiger charge is 2.50. The van der Waals surface area contributed by atoms with Crippen molar-refractivity contribution in [1.29, 1.82) is 0 Å². The Kier molecular flexibility index (Phi) is 3.53. The number of hydrogen-bond acceptors (Lipinski definition) is 7. The second-order valence-corrected chi connectivity index (χ2v) is 8.55. The quantitative estimate of drug-likeness (QED) is 0.735. The molecule has 2 aromatic heterocycles. The summed E-state index contributed by atoms with van der Waals surface area (Å²) in [6.45, 7) is 4.29. The van der Waals surface area contributed by atoms with Gasteiger partial charge < -0.3 is 4.74 Å². The number of hydrogen-bond donors (Lipinski definition) is 1. The van der Waals surface area contributed by atoms with Crippen LogP contribution in [0.5, 0.6) is 0 Å². The number of halogens is 1. The molecule has 4 aliphatic heterocycles. The zero-order valence-corrected chi connectivity index (χ0v) is 15.6. The molecule has 2 aromatic rings. The molecule has 3 saturated heterocycles. The minimum atomic E-state index is -0.0570. The third-order valence-corrected chi connectivity index (χ3v) is 6.67. The summed E-state index contributed by atoms with van der Waals surface area (Å²) in [4.78, 5) is 17.0. The summed E-state index contributed by atoms with van der Waals surface area (Å²) >= 11 is 4.92. The maximum absolute atomic E-state index is 6.41. The van der Waals surface area contributed by atoms with Gasteiger partial charge in [0, 0.05) is 25.4 Å². The number of thiazole rings is 1. The van der Waals surface area contributed by atoms with Gasteiger partial charge in [-0.3, -0.25) is 10.2 Å². The van der Waals surface area contributed by atoms with Gasteiger partial charge >= 0.3 is 0 Å². The number of rotatable bonds is 1. The smallest absolute Gasteiger partial charge is 0.291 e. The van der Waals surface area contributed by atoms with Crippen molar-refractivity contribution in [3.8, 4) is 0 Å². The molecule has 8 heteroatoms. The first kappa shape index (κ1) is 15.0. The van der Waals surface area contributed by atoms with Gasteiger partial charge in [-0.15, -0.1) is 0 Å². The Morgan fingerprint density at radius 1 is 1.29 bits per heavy atom. The fourth-order valence-electron chi connectivity index (χ4n) is 4.15. The third kappa shape index (κ3) is 2.51. The molecule has 1 unspecified atom stereocenters. The number of pyridine rings is 1. The highest BCUT2D eigenvalue weighted by Crippen LogP contribution is 2.42. The second-order valence-electron chi connectivity index (χ2n) is 6.76. The van der Waals surface area contributed by atoms with Crippen molar-refractivity contribution in [2.45, 2.75) is 24.9 Å². The fraction of sp³-hybridized carbons (Fsp3) is 0.562. The van der Waals surface area contributed by atoms with Crippen molar-refractivity contribution in [2.75, 3.05) is 31.5 Å². The number of ether oxygens (including phenoxy) is 1. The van der Waals surface area contributed by atoms with Crippen LogP contribution < -0.4 is 5.32 Å². The van der Waals surface area contributed by atoms with Crippen LogP contribution in [0.2, 0.25) is 0 Å². The predicted octanol–water partition coefficient (Wildman–Crippen LogP) is 3.11. The number of fused-ring (bicyclic) bond motifs is 3. The molecule has 3 fully saturated rings. The minimum absolute atomic E-state index is 0.0570. The summed E-state index contributed by atoms with van der Waals surface area (Å²) in [7, 11) is 0. The van der Waals surface area contributed by atoms with Crippen molar-refractivity contribution in [3.63, 3.8) is 0 Å². The lowest BCUT2D eigenvalue weighted by Crippen LogP contribution is -2.62. The van der Waals surface area contributed by atoms with Crippen molar-refractivity contribution >= 4 is 48.8 Å². The molecule has 0 radical (unpaired) electrons. The highest BCUT2D eigenvalue weighted by molar-refractivity contribution is 9.10. The molecule has 0 aromatic carbocycles. The summed E-state index contributed by atoms with van der Waals surface area (Å²) in [6.07, 6.45) is 3.51. The maximum atomic E-state index is 6.41. The van der Waals surface area contributed by atoms with Crippen molar-refractivity contribution in [1.82, 2.24) is 14.9 Å². The normalized spacial score (nSPS) is 32.0. The van der Waals surface area contributed by atoms with Gasteiger partial charge in [0.2, 0.25) is 0 Å². The van der Waals surface area contributed by atoms with Crippen molar-refractivity contribution in [3.05, 3.63) is 16.7 Å². The predicted molar refractivity (Wildman–Crippen MR) is 98.6 cm³/mol. The van der Waals surface area contributed by atoms with E-state index in [1.165, 1.54) is 37.3 Å². The lowest BCUT2D eigenvalue weighted by atomic mass is 9.73. The summed E-state index contributed by atoms with van der Waals surface area (Å²) in [6, 6.07) is 4.49. The molecule has 6 heterocycles. The maximum Gasteiger partial charge on any atom is 0.291 e. The molecule has 1 N–H and O–H groups in total. The molecular formula is C16H18BrN5OS. The Labute approximate surface area is 152 Å². The zero-order valence-electron chi connectivity index (χ0n) is 13.2. The molecule has 1 spiro atoms. The van der Waals surface area contributed by atoms with Gasteiger partial charge in [-0.25, -0.2) is 15.0 Å². The van der Waals surface area contributed by atoms with Crippen LogP contribution in [0.4, 0.5) is 5.13 Å². The van der Waals surface area contributed by atoms with Crippen LogP contribution in [0.25, 0.3) is 10.3 Å². The monoisotopic (exact) mass is 407 g/mol. The van der Waals surface area contributed by atoms with E-state index in [0.29, 0.717) is 11.9 Å². The van der Waals surface area contributed by atoms with Crippen LogP contribution in [0.3, 0.4) is 0 Å². The van der Waals surface area contributed by atoms with E-state index in [0.717, 1.165) is 39.6 Å². The molecule has 0 amide bonds. The van der Waals surface area contributed by atoms with Crippen LogP contribution in [0.15, 0.2) is 21.7 Å². The van der Waals surface area contributed by atoms with Crippen LogP contribution in [-0.2, 0) is 4.74 Å². The second kappa shape index (κ2) is 5.64. The van der Waals surface area contributed by atoms with E-state index in [1.54, 1.807) is 0 Å². The highest BCUT2D eigenvalue weighted by atomic mass is 79.9. The number of aromatic nitrogens is 2. The molecule has 1 atom stereocenters. The summed E-state index contributed by atoms with van der Waals surface area (Å²) in [5, 5.41) is 4.07. The van der Waals surface area contributed by atoms with E-state index in [9.17, 15) is 0 Å². The molecule has 126 valence electrons. The Morgan fingerprint density at radius 2 is 2.17 bits per heavy atom. The van der Waals surface area contributed by atoms with Crippen LogP contribution in [0.1, 0.15) is 19.3 Å². The molecule has 0 saturated carbocycles. The lowest BCUT2D eigenvalue weighted by molar-refractivity contribution is -0.109. The van der Waals surface area contributed by atoms with E-state index in [4.69, 9.17) is 4.74 Å². The molecular weight excluding hydrogens is 390 g/mol. The Bertz CT molecular complexity index is 816. The fourth-order valence-corrected chi connectivity index (χ4v) is 5.41. The number of piperidine rings is 3. The molecule has 6 nitrogen and oxygen atoms in total. The summed E-state index contributed by atoms with van der Waals surface area (Å²) in [5.74, 6) is 0.655. The van der Waals surface area contributed by atoms with Gasteiger partial charge in [-0.2, -0.15) is 0 Å². The summed E-state index contributed by atoms with van der Waals surface area (Å²) in [5.41, 5.74) is 0.832. The average Bonchev–Trinajstić information content (AvgIpc) is 2.97. The van der Waals surface area contributed by atoms with E-state index in [-0.39, 0.29) is 5.60 Å². The third-order valence-electron chi connectivity index (χ3n) is 5.35. The lowest BCUT2D eigenvalue weighted by Gasteiger charge is -2.53. The number of nitrogens with zero attached hydrogens (tertiary/aromatic N) is 4. The van der Waals surface area contributed by atoms with E-state index >= 15 is 0 Å². The van der Waals surface area contributed by atoms with Gasteiger partial charge in [0.15, 0.2) is 5.13 Å². The van der Waals surface area contributed by atoms with Gasteiger partial charge in [0.25, 0.3) is 6.02 Å². The number of anilines is 1. The Balaban J connectivity index is 1.37. The topological polar surface area (TPSA) is 62.6 Å². The molecule has 6 rings (SSSR count). The molecule has 24 heavy (non-hydrogen) atoms. The zero-order chi connectivity index (χ0) is 16.1. The first-order valence-electron chi connectivity index (χ1n) is 8.36.